The molecule has 0 spiro atoms. The number of hydrogen-bond acceptors (Lipinski definition) is 17. The highest BCUT2D eigenvalue weighted by molar-refractivity contribution is 6.29. The number of ether oxygens (including phenoxy) is 1. The van der Waals surface area contributed by atoms with Crippen LogP contribution in [-0.4, -0.2) is 126 Å². The zero-order chi connectivity index (χ0) is 44.5. The second-order valence-electron chi connectivity index (χ2n) is 12.0. The highest BCUT2D eigenvalue weighted by atomic mass is 35.5. The Labute approximate surface area is 347 Å². The molecule has 0 atom stereocenters. The first-order chi connectivity index (χ1) is 28.5. The first-order valence-corrected chi connectivity index (χ1v) is 17.9. The average Bonchev–Trinajstić information content (AvgIpc) is 4.01. The molecule has 0 amide bonds. The molecule has 326 valence electrons. The molecular weight excluding hydrogens is 817 g/mol. The van der Waals surface area contributed by atoms with E-state index in [1.165, 1.54) is 34.6 Å². The fraction of sp³-hybridized carbons (Fsp3) is 0.484. The van der Waals surface area contributed by atoms with E-state index in [2.05, 4.69) is 82.4 Å². The van der Waals surface area contributed by atoms with Crippen LogP contribution >= 0.6 is 11.6 Å². The van der Waals surface area contributed by atoms with E-state index in [0.717, 1.165) is 17.3 Å². The van der Waals surface area contributed by atoms with Crippen molar-refractivity contribution in [3.63, 3.8) is 0 Å². The Hall–Kier alpha value is -7.00. The Bertz CT molecular complexity index is 2020. The van der Waals surface area contributed by atoms with Gasteiger partial charge in [0.2, 0.25) is 0 Å². The van der Waals surface area contributed by atoms with Crippen LogP contribution in [0.5, 0.6) is 5.88 Å². The molecule has 0 radical (unpaired) electrons. The van der Waals surface area contributed by atoms with Crippen LogP contribution in [0.15, 0.2) is 62.2 Å². The van der Waals surface area contributed by atoms with E-state index in [-0.39, 0.29) is 5.69 Å². The molecule has 0 saturated heterocycles. The Kier molecular flexibility index (Phi) is 22.0. The zero-order valence-corrected chi connectivity index (χ0v) is 35.5. The normalized spacial score (nSPS) is 10.8. The van der Waals surface area contributed by atoms with Crippen LogP contribution in [0.3, 0.4) is 0 Å². The number of rotatable bonds is 4. The maximum Gasteiger partial charge on any atom is 0.283 e. The van der Waals surface area contributed by atoms with Crippen molar-refractivity contribution >= 4 is 11.6 Å². The third-order valence-corrected chi connectivity index (χ3v) is 6.45. The third kappa shape index (κ3) is 22.7. The van der Waals surface area contributed by atoms with Gasteiger partial charge in [-0.15, -0.1) is 35.7 Å². The first kappa shape index (κ1) is 49.1. The predicted molar refractivity (Wildman–Crippen MR) is 206 cm³/mol. The minimum Gasteiger partial charge on any atom is -0.476 e. The summed E-state index contributed by atoms with van der Waals surface area (Å²) in [5.74, 6) is 0.779. The van der Waals surface area contributed by atoms with Crippen molar-refractivity contribution < 1.29 is 17.9 Å². The number of nitrogens with zero attached hydrogens (tertiary/aromatic N) is 24. The highest BCUT2D eigenvalue weighted by Crippen LogP contribution is 2.38. The number of aromatic nitrogens is 24. The smallest absolute Gasteiger partial charge is 0.283 e. The van der Waals surface area contributed by atoms with E-state index in [1.54, 1.807) is 93.6 Å². The SMILES string of the molecule is CCOc1cn(C)nn1.Cc1cn(C)nn1.Cn1cc(C(F)F)nn1.Cn1cc(C2CC2)nn1.Cn1cc(Cl)nn1.Cn1cc(F)nn1.Cn1ccnn1.Cn1cnnc1. The summed E-state index contributed by atoms with van der Waals surface area (Å²) in [6.45, 7) is 4.46. The Morgan fingerprint density at radius 1 is 0.633 bits per heavy atom. The van der Waals surface area contributed by atoms with Gasteiger partial charge in [0.1, 0.15) is 18.3 Å². The van der Waals surface area contributed by atoms with Crippen molar-refractivity contribution in [2.45, 2.75) is 39.0 Å². The predicted octanol–water partition coefficient (Wildman–Crippen LogP) is 1.84. The quantitative estimate of drug-likeness (QED) is 0.245. The molecule has 1 saturated carbocycles. The monoisotopic (exact) mass is 864 g/mol. The molecule has 1 fully saturated rings. The third-order valence-electron chi connectivity index (χ3n) is 6.28. The van der Waals surface area contributed by atoms with Gasteiger partial charge in [0.25, 0.3) is 18.3 Å². The second kappa shape index (κ2) is 26.8. The molecule has 0 aromatic carbocycles. The molecule has 29 heteroatoms. The molecule has 8 heterocycles. The largest absolute Gasteiger partial charge is 0.476 e. The molecule has 25 nitrogen and oxygen atoms in total. The molecular formula is C31H48ClF3N24O. The Morgan fingerprint density at radius 3 is 1.43 bits per heavy atom. The number of aryl methyl sites for hydroxylation is 9. The summed E-state index contributed by atoms with van der Waals surface area (Å²) >= 11 is 5.37. The lowest BCUT2D eigenvalue weighted by Crippen LogP contribution is -1.90. The van der Waals surface area contributed by atoms with Crippen molar-refractivity contribution in [1.29, 1.82) is 0 Å². The molecule has 8 aromatic heterocycles. The number of hydrogen-bond donors (Lipinski definition) is 0. The van der Waals surface area contributed by atoms with Gasteiger partial charge >= 0.3 is 0 Å². The summed E-state index contributed by atoms with van der Waals surface area (Å²) in [7, 11) is 14.2. The van der Waals surface area contributed by atoms with Crippen molar-refractivity contribution in [2.75, 3.05) is 6.61 Å². The van der Waals surface area contributed by atoms with Crippen LogP contribution in [-0.2, 0) is 56.4 Å². The van der Waals surface area contributed by atoms with E-state index in [4.69, 9.17) is 16.3 Å². The van der Waals surface area contributed by atoms with Gasteiger partial charge in [-0.2, -0.15) is 4.39 Å². The maximum absolute atomic E-state index is 11.7. The molecule has 1 aliphatic rings. The van der Waals surface area contributed by atoms with E-state index in [0.29, 0.717) is 17.6 Å². The summed E-state index contributed by atoms with van der Waals surface area (Å²) in [6, 6.07) is 0. The first-order valence-electron chi connectivity index (χ1n) is 17.5. The minimum atomic E-state index is -2.52. The van der Waals surface area contributed by atoms with Gasteiger partial charge in [-0.05, 0) is 26.7 Å². The van der Waals surface area contributed by atoms with Crippen molar-refractivity contribution in [3.8, 4) is 5.88 Å². The fourth-order valence-electron chi connectivity index (χ4n) is 3.56. The van der Waals surface area contributed by atoms with E-state index >= 15 is 0 Å². The van der Waals surface area contributed by atoms with Crippen molar-refractivity contribution in [3.05, 3.63) is 90.4 Å². The molecule has 0 N–H and O–H groups in total. The topological polar surface area (TPSA) is 255 Å². The second-order valence-corrected chi connectivity index (χ2v) is 12.4. The van der Waals surface area contributed by atoms with Crippen LogP contribution in [0.25, 0.3) is 0 Å². The lowest BCUT2D eigenvalue weighted by molar-refractivity contribution is 0.146. The number of halogens is 4. The maximum atomic E-state index is 11.7. The Morgan fingerprint density at radius 2 is 1.18 bits per heavy atom. The minimum absolute atomic E-state index is 0.280. The molecule has 0 unspecified atom stereocenters. The highest BCUT2D eigenvalue weighted by Gasteiger charge is 2.26. The lowest BCUT2D eigenvalue weighted by Gasteiger charge is -1.91. The summed E-state index contributed by atoms with van der Waals surface area (Å²) < 4.78 is 52.6. The Balaban J connectivity index is 0.000000237. The molecule has 8 aromatic rings. The summed E-state index contributed by atoms with van der Waals surface area (Å²) in [6.07, 6.45) is 16.4. The van der Waals surface area contributed by atoms with Crippen LogP contribution < -0.4 is 4.74 Å². The number of alkyl halides is 2. The summed E-state index contributed by atoms with van der Waals surface area (Å²) in [5, 5.41) is 57.2. The van der Waals surface area contributed by atoms with Gasteiger partial charge in [0.15, 0.2) is 5.15 Å². The van der Waals surface area contributed by atoms with Crippen LogP contribution in [0.2, 0.25) is 5.15 Å². The molecule has 0 bridgehead atoms. The van der Waals surface area contributed by atoms with Gasteiger partial charge in [-0.1, -0.05) is 58.3 Å². The van der Waals surface area contributed by atoms with Gasteiger partial charge < -0.3 is 9.30 Å². The molecule has 60 heavy (non-hydrogen) atoms. The summed E-state index contributed by atoms with van der Waals surface area (Å²) in [5.41, 5.74) is 1.84. The van der Waals surface area contributed by atoms with E-state index in [1.807, 2.05) is 54.4 Å². The fourth-order valence-corrected chi connectivity index (χ4v) is 3.73. The van der Waals surface area contributed by atoms with Gasteiger partial charge in [-0.25, -0.2) is 8.78 Å². The van der Waals surface area contributed by atoms with Crippen LogP contribution in [0, 0.1) is 12.9 Å². The average molecular weight is 865 g/mol. The van der Waals surface area contributed by atoms with Crippen LogP contribution in [0.1, 0.15) is 49.2 Å². The lowest BCUT2D eigenvalue weighted by atomic mass is 10.3. The van der Waals surface area contributed by atoms with Crippen LogP contribution in [0.4, 0.5) is 13.2 Å². The van der Waals surface area contributed by atoms with E-state index < -0.39 is 12.4 Å². The zero-order valence-electron chi connectivity index (χ0n) is 34.7. The molecule has 0 aliphatic heterocycles. The van der Waals surface area contributed by atoms with Gasteiger partial charge in [-0.3, -0.25) is 32.8 Å². The molecule has 1 aliphatic carbocycles. The van der Waals surface area contributed by atoms with E-state index in [9.17, 15) is 13.2 Å². The molecule has 9 rings (SSSR count). The standard InChI is InChI=1S/C6H9N3.C5H9N3O.C4H5F2N3.C4H7N3.C3H4ClN3.C3H4FN3.2C3H5N3/c1-9-4-6(7-8-9)5-2-3-5;1-3-9-5-4-8(2)7-6-5;1-9-2-3(4(5)6)7-8-9;1-4-3-7(2)6-5-4;2*1-7-2-3(4)5-6-7;1-6-2-4-5-3-6;1-6-3-2-4-5-6/h4-5H,2-3H2,1H3;4H,3H2,1-2H3;2,4H,1H3;3H,1-2H3;2*2H,1H3;2*2-3H,1H3. The van der Waals surface area contributed by atoms with Crippen molar-refractivity contribution in [1.82, 2.24) is 120 Å². The van der Waals surface area contributed by atoms with Crippen molar-refractivity contribution in [2.24, 2.45) is 56.4 Å². The van der Waals surface area contributed by atoms with Gasteiger partial charge in [0, 0.05) is 80.9 Å². The summed E-state index contributed by atoms with van der Waals surface area (Å²) in [4.78, 5) is 0. The van der Waals surface area contributed by atoms with Gasteiger partial charge in [0.05, 0.1) is 49.0 Å².